The zero-order chi connectivity index (χ0) is 33.7. The third-order valence-corrected chi connectivity index (χ3v) is 8.19. The van der Waals surface area contributed by atoms with E-state index in [4.69, 9.17) is 32.5 Å². The predicted octanol–water partition coefficient (Wildman–Crippen LogP) is 0.160. The molecule has 0 bridgehead atoms. The van der Waals surface area contributed by atoms with E-state index >= 15 is 0 Å². The van der Waals surface area contributed by atoms with Crippen LogP contribution in [0.2, 0.25) is 0 Å². The lowest BCUT2D eigenvalue weighted by atomic mass is 9.97. The Bertz CT molecular complexity index is 1920. The molecule has 0 unspecified atom stereocenters. The number of hydrogen-bond donors (Lipinski definition) is 5. The minimum Gasteiger partial charge on any atom is -0.462 e. The number of carbonyl (C=O) groups excluding carboxylic acids is 1. The highest BCUT2D eigenvalue weighted by atomic mass is 16.7. The summed E-state index contributed by atoms with van der Waals surface area (Å²) in [6, 6.07) is 11.6. The van der Waals surface area contributed by atoms with Gasteiger partial charge in [-0.2, -0.15) is 0 Å². The zero-order valence-corrected chi connectivity index (χ0v) is 25.2. The Hall–Kier alpha value is -4.35. The van der Waals surface area contributed by atoms with Gasteiger partial charge in [-0.3, -0.25) is 0 Å². The van der Waals surface area contributed by atoms with E-state index in [1.54, 1.807) is 26.0 Å². The van der Waals surface area contributed by atoms with Crippen LogP contribution in [0.3, 0.4) is 0 Å². The number of ether oxygens (including phenoxy) is 5. The van der Waals surface area contributed by atoms with Crippen molar-refractivity contribution in [3.05, 3.63) is 80.5 Å². The summed E-state index contributed by atoms with van der Waals surface area (Å²) in [6.07, 6.45) is -16.9. The Kier molecular flexibility index (Phi) is 8.80. The van der Waals surface area contributed by atoms with Crippen LogP contribution in [-0.2, 0) is 19.0 Å². The largest absolute Gasteiger partial charge is 0.462 e. The number of aliphatic hydroxyl groups is 5. The monoisotopic (exact) mass is 656 g/mol. The van der Waals surface area contributed by atoms with Crippen LogP contribution in [0.25, 0.3) is 21.9 Å². The van der Waals surface area contributed by atoms with Gasteiger partial charge < -0.3 is 58.1 Å². The van der Waals surface area contributed by atoms with Crippen molar-refractivity contribution in [1.82, 2.24) is 0 Å². The summed E-state index contributed by atoms with van der Waals surface area (Å²) in [5.41, 5.74) is 0.507. The number of benzene rings is 2. The molecule has 250 valence electrons. The van der Waals surface area contributed by atoms with E-state index in [1.807, 2.05) is 0 Å². The molecule has 2 saturated heterocycles. The smallest absolute Gasteiger partial charge is 0.338 e. The molecular weight excluding hydrogens is 624 g/mol. The van der Waals surface area contributed by atoms with Crippen LogP contribution in [0.15, 0.2) is 67.0 Å². The SMILES string of the molecule is Cc1cc(=O)oc2cc(O[C@@H]3O[C@H](C(=O)O[C@H]4[C@H](Oc5ccc6c(C)cc(=O)oc6c5)O[C@H](C)[C@@H](O)[C@@H]4O)[C@@H](O)[C@H](O)[C@H]3O)ccc12. The van der Waals surface area contributed by atoms with E-state index in [2.05, 4.69) is 0 Å². The van der Waals surface area contributed by atoms with E-state index in [1.165, 1.54) is 43.3 Å². The first-order valence-corrected chi connectivity index (χ1v) is 14.6. The molecule has 5 N–H and O–H groups in total. The fourth-order valence-corrected chi connectivity index (χ4v) is 5.59. The van der Waals surface area contributed by atoms with Crippen molar-refractivity contribution in [2.75, 3.05) is 0 Å². The van der Waals surface area contributed by atoms with Crippen LogP contribution < -0.4 is 20.7 Å². The van der Waals surface area contributed by atoms with Gasteiger partial charge in [-0.25, -0.2) is 14.4 Å². The van der Waals surface area contributed by atoms with E-state index in [9.17, 15) is 39.9 Å². The molecule has 15 heteroatoms. The minimum absolute atomic E-state index is 0.0362. The number of carbonyl (C=O) groups is 1. The first-order valence-electron chi connectivity index (χ1n) is 14.6. The van der Waals surface area contributed by atoms with Crippen molar-refractivity contribution in [3.63, 3.8) is 0 Å². The number of aliphatic hydroxyl groups excluding tert-OH is 5. The summed E-state index contributed by atoms with van der Waals surface area (Å²) in [7, 11) is 0. The molecule has 2 aliphatic rings. The first-order chi connectivity index (χ1) is 22.3. The van der Waals surface area contributed by atoms with Crippen molar-refractivity contribution in [2.24, 2.45) is 0 Å². The van der Waals surface area contributed by atoms with Gasteiger partial charge in [0.05, 0.1) is 6.10 Å². The lowest BCUT2D eigenvalue weighted by molar-refractivity contribution is -0.293. The van der Waals surface area contributed by atoms with Crippen LogP contribution in [0.5, 0.6) is 11.5 Å². The Morgan fingerprint density at radius 2 is 1.19 bits per heavy atom. The van der Waals surface area contributed by atoms with Gasteiger partial charge in [0.1, 0.15) is 53.2 Å². The topological polar surface area (TPSA) is 225 Å². The highest BCUT2D eigenvalue weighted by Crippen LogP contribution is 2.31. The second kappa shape index (κ2) is 12.7. The van der Waals surface area contributed by atoms with E-state index in [0.717, 1.165) is 0 Å². The van der Waals surface area contributed by atoms with E-state index in [-0.39, 0.29) is 22.7 Å². The molecule has 0 radical (unpaired) electrons. The molecule has 6 rings (SSSR count). The molecule has 2 aliphatic heterocycles. The molecule has 2 fully saturated rings. The lowest BCUT2D eigenvalue weighted by Crippen LogP contribution is -2.64. The standard InChI is InChI=1S/C32H32O15/c1-12-8-21(33)44-19-10-15(4-6-17(12)19)42-31-27(39)24(36)26(38)28(47-31)30(40)46-29-25(37)23(35)14(3)41-32(29)43-16-5-7-18-13(2)9-22(34)45-20(18)11-16/h4-11,14,23-29,31-32,35-39H,1-3H3/t14-,23-,24+,25+,26+,27-,28+,29-,31-,32+/m1/s1. The number of rotatable bonds is 6. The average molecular weight is 657 g/mol. The number of hydrogen-bond acceptors (Lipinski definition) is 15. The van der Waals surface area contributed by atoms with Crippen LogP contribution in [0.1, 0.15) is 18.1 Å². The zero-order valence-electron chi connectivity index (χ0n) is 25.2. The highest BCUT2D eigenvalue weighted by Gasteiger charge is 2.52. The maximum atomic E-state index is 13.4. The average Bonchev–Trinajstić information content (AvgIpc) is 3.01. The molecule has 15 nitrogen and oxygen atoms in total. The van der Waals surface area contributed by atoms with Gasteiger partial charge in [-0.1, -0.05) is 0 Å². The summed E-state index contributed by atoms with van der Waals surface area (Å²) >= 11 is 0. The van der Waals surface area contributed by atoms with Gasteiger partial charge >= 0.3 is 17.2 Å². The minimum atomic E-state index is -2.01. The Balaban J connectivity index is 1.22. The van der Waals surface area contributed by atoms with Gasteiger partial charge in [0.15, 0.2) is 12.2 Å². The molecule has 0 saturated carbocycles. The number of fused-ring (bicyclic) bond motifs is 2. The van der Waals surface area contributed by atoms with Crippen molar-refractivity contribution < 1.29 is 62.8 Å². The Labute approximate surface area is 265 Å². The van der Waals surface area contributed by atoms with Gasteiger partial charge in [0.25, 0.3) is 0 Å². The van der Waals surface area contributed by atoms with Crippen LogP contribution in [0.4, 0.5) is 0 Å². The maximum absolute atomic E-state index is 13.4. The summed E-state index contributed by atoms with van der Waals surface area (Å²) in [6.45, 7) is 4.90. The molecule has 4 heterocycles. The van der Waals surface area contributed by atoms with Crippen LogP contribution >= 0.6 is 0 Å². The molecule has 2 aromatic carbocycles. The van der Waals surface area contributed by atoms with Crippen LogP contribution in [0, 0.1) is 13.8 Å². The molecular formula is C32H32O15. The van der Waals surface area contributed by atoms with Crippen molar-refractivity contribution in [2.45, 2.75) is 82.2 Å². The molecule has 2 aromatic heterocycles. The maximum Gasteiger partial charge on any atom is 0.338 e. The van der Waals surface area contributed by atoms with E-state index < -0.39 is 78.6 Å². The lowest BCUT2D eigenvalue weighted by Gasteiger charge is -2.42. The normalized spacial score (nSPS) is 31.1. The van der Waals surface area contributed by atoms with Gasteiger partial charge in [-0.15, -0.1) is 0 Å². The molecule has 0 aliphatic carbocycles. The quantitative estimate of drug-likeness (QED) is 0.138. The highest BCUT2D eigenvalue weighted by molar-refractivity contribution is 5.82. The van der Waals surface area contributed by atoms with Crippen molar-refractivity contribution >= 4 is 27.9 Å². The summed E-state index contributed by atoms with van der Waals surface area (Å²) in [5, 5.41) is 54.4. The third kappa shape index (κ3) is 6.34. The Morgan fingerprint density at radius 3 is 1.74 bits per heavy atom. The summed E-state index contributed by atoms with van der Waals surface area (Å²) < 4.78 is 38.7. The fraction of sp³-hybridized carbons (Fsp3) is 0.406. The first kappa shape index (κ1) is 32.6. The van der Waals surface area contributed by atoms with Gasteiger partial charge in [-0.05, 0) is 56.2 Å². The molecule has 10 atom stereocenters. The Morgan fingerprint density at radius 1 is 0.660 bits per heavy atom. The number of aryl methyl sites for hydroxylation is 2. The summed E-state index contributed by atoms with van der Waals surface area (Å²) in [4.78, 5) is 37.1. The fourth-order valence-electron chi connectivity index (χ4n) is 5.59. The van der Waals surface area contributed by atoms with Crippen molar-refractivity contribution in [3.8, 4) is 11.5 Å². The second-order valence-electron chi connectivity index (χ2n) is 11.5. The molecule has 47 heavy (non-hydrogen) atoms. The van der Waals surface area contributed by atoms with Gasteiger partial charge in [0.2, 0.25) is 12.6 Å². The molecule has 0 spiro atoms. The summed E-state index contributed by atoms with van der Waals surface area (Å²) in [5.74, 6) is -1.18. The van der Waals surface area contributed by atoms with Gasteiger partial charge in [0, 0.05) is 35.0 Å². The van der Waals surface area contributed by atoms with E-state index in [0.29, 0.717) is 21.9 Å². The third-order valence-electron chi connectivity index (χ3n) is 8.19. The second-order valence-corrected chi connectivity index (χ2v) is 11.5. The molecule has 0 amide bonds. The van der Waals surface area contributed by atoms with Crippen molar-refractivity contribution in [1.29, 1.82) is 0 Å². The molecule has 4 aromatic rings. The predicted molar refractivity (Wildman–Crippen MR) is 159 cm³/mol. The number of esters is 1. The van der Waals surface area contributed by atoms with Crippen LogP contribution in [-0.4, -0.2) is 92.9 Å².